The monoisotopic (exact) mass is 272 g/mol. The number of likely N-dealkylation sites (N-methyl/N-ethyl adjacent to an activating group) is 1. The Morgan fingerprint density at radius 1 is 1.15 bits per heavy atom. The summed E-state index contributed by atoms with van der Waals surface area (Å²) in [5.74, 6) is 0.458. The summed E-state index contributed by atoms with van der Waals surface area (Å²) in [5, 5.41) is 3.41. The number of carbonyl (C=O) groups excluding carboxylic acids is 2. The van der Waals surface area contributed by atoms with Gasteiger partial charge in [-0.3, -0.25) is 14.5 Å². The van der Waals surface area contributed by atoms with E-state index in [0.717, 1.165) is 12.8 Å². The van der Waals surface area contributed by atoms with Crippen molar-refractivity contribution >= 4 is 11.8 Å². The van der Waals surface area contributed by atoms with Crippen molar-refractivity contribution in [2.45, 2.75) is 43.7 Å². The van der Waals surface area contributed by atoms with Gasteiger partial charge in [0.25, 0.3) is 0 Å². The molecule has 1 aliphatic heterocycles. The van der Waals surface area contributed by atoms with Gasteiger partial charge in [0.1, 0.15) is 0 Å². The molecule has 1 heterocycles. The summed E-state index contributed by atoms with van der Waals surface area (Å²) in [4.78, 5) is 24.7. The number of piperidine rings is 1. The Balaban J connectivity index is 1.52. The van der Waals surface area contributed by atoms with Crippen LogP contribution < -0.4 is 5.32 Å². The maximum Gasteiger partial charge on any atom is 0.246 e. The third kappa shape index (κ3) is 2.48. The number of imide groups is 1. The van der Waals surface area contributed by atoms with Gasteiger partial charge in [-0.1, -0.05) is 30.3 Å². The number of likely N-dealkylation sites (tertiary alicyclic amines) is 1. The zero-order valence-corrected chi connectivity index (χ0v) is 11.7. The quantitative estimate of drug-likeness (QED) is 0.852. The van der Waals surface area contributed by atoms with E-state index in [1.807, 2.05) is 6.07 Å². The van der Waals surface area contributed by atoms with Gasteiger partial charge in [-0.05, 0) is 30.7 Å². The Bertz CT molecular complexity index is 508. The molecule has 2 amide bonds. The first-order valence-corrected chi connectivity index (χ1v) is 7.26. The van der Waals surface area contributed by atoms with Crippen LogP contribution in [0.3, 0.4) is 0 Å². The molecule has 1 atom stereocenters. The van der Waals surface area contributed by atoms with E-state index in [0.29, 0.717) is 24.8 Å². The Morgan fingerprint density at radius 3 is 2.55 bits per heavy atom. The summed E-state index contributed by atoms with van der Waals surface area (Å²) in [5.41, 5.74) is 1.38. The Kier molecular flexibility index (Phi) is 3.57. The third-order valence-corrected chi connectivity index (χ3v) is 4.50. The Labute approximate surface area is 119 Å². The number of nitrogens with one attached hydrogen (secondary N) is 1. The molecular weight excluding hydrogens is 252 g/mol. The first kappa shape index (κ1) is 13.3. The van der Waals surface area contributed by atoms with Crippen LogP contribution >= 0.6 is 0 Å². The van der Waals surface area contributed by atoms with Crippen molar-refractivity contribution in [2.75, 3.05) is 7.05 Å². The van der Waals surface area contributed by atoms with Crippen molar-refractivity contribution < 1.29 is 9.59 Å². The van der Waals surface area contributed by atoms with Gasteiger partial charge in [0.2, 0.25) is 11.8 Å². The second kappa shape index (κ2) is 5.37. The number of benzene rings is 1. The molecule has 2 aliphatic rings. The van der Waals surface area contributed by atoms with Gasteiger partial charge in [-0.25, -0.2) is 0 Å². The number of hydrogen-bond donors (Lipinski definition) is 1. The lowest BCUT2D eigenvalue weighted by Crippen LogP contribution is -2.56. The van der Waals surface area contributed by atoms with Crippen molar-refractivity contribution in [1.29, 1.82) is 0 Å². The van der Waals surface area contributed by atoms with Crippen LogP contribution in [0.2, 0.25) is 0 Å². The lowest BCUT2D eigenvalue weighted by Gasteiger charge is -2.40. The average Bonchev–Trinajstić information content (AvgIpc) is 2.43. The molecule has 20 heavy (non-hydrogen) atoms. The Hall–Kier alpha value is -1.68. The van der Waals surface area contributed by atoms with E-state index in [4.69, 9.17) is 0 Å². The molecule has 1 aromatic carbocycles. The van der Waals surface area contributed by atoms with Gasteiger partial charge in [0.05, 0.1) is 6.04 Å². The summed E-state index contributed by atoms with van der Waals surface area (Å²) in [6, 6.07) is 10.7. The molecular formula is C16H20N2O2. The minimum Gasteiger partial charge on any atom is -0.303 e. The molecule has 3 rings (SSSR count). The highest BCUT2D eigenvalue weighted by Gasteiger charge is 2.37. The van der Waals surface area contributed by atoms with Crippen LogP contribution in [0.25, 0.3) is 0 Å². The summed E-state index contributed by atoms with van der Waals surface area (Å²) < 4.78 is 0. The van der Waals surface area contributed by atoms with Crippen LogP contribution in [-0.4, -0.2) is 35.8 Å². The van der Waals surface area contributed by atoms with E-state index in [1.165, 1.54) is 10.5 Å². The topological polar surface area (TPSA) is 49.4 Å². The molecule has 0 radical (unpaired) electrons. The van der Waals surface area contributed by atoms with Gasteiger partial charge in [-0.15, -0.1) is 0 Å². The van der Waals surface area contributed by atoms with E-state index in [1.54, 1.807) is 7.05 Å². The molecule has 106 valence electrons. The van der Waals surface area contributed by atoms with Crippen molar-refractivity contribution in [3.8, 4) is 0 Å². The van der Waals surface area contributed by atoms with Crippen molar-refractivity contribution in [2.24, 2.45) is 0 Å². The second-order valence-corrected chi connectivity index (χ2v) is 5.82. The standard InChI is InChI=1S/C16H20N2O2/c1-18-15(19)8-7-14(16(18)20)17-13-9-12(10-13)11-5-3-2-4-6-11/h2-6,12-14,17H,7-10H2,1H3. The lowest BCUT2D eigenvalue weighted by molar-refractivity contribution is -0.148. The minimum absolute atomic E-state index is 0.0659. The molecule has 1 saturated carbocycles. The van der Waals surface area contributed by atoms with Crippen molar-refractivity contribution in [3.63, 3.8) is 0 Å². The molecule has 0 bridgehead atoms. The highest BCUT2D eigenvalue weighted by atomic mass is 16.2. The SMILES string of the molecule is CN1C(=O)CCC(NC2CC(c3ccccc3)C2)C1=O. The van der Waals surface area contributed by atoms with Gasteiger partial charge in [0, 0.05) is 19.5 Å². The van der Waals surface area contributed by atoms with Gasteiger partial charge in [-0.2, -0.15) is 0 Å². The molecule has 1 saturated heterocycles. The maximum atomic E-state index is 12.0. The minimum atomic E-state index is -0.181. The average molecular weight is 272 g/mol. The highest BCUT2D eigenvalue weighted by molar-refractivity contribution is 6.00. The third-order valence-electron chi connectivity index (χ3n) is 4.50. The van der Waals surface area contributed by atoms with Crippen molar-refractivity contribution in [1.82, 2.24) is 10.2 Å². The van der Waals surface area contributed by atoms with Crippen LogP contribution in [0, 0.1) is 0 Å². The number of amides is 2. The summed E-state index contributed by atoms with van der Waals surface area (Å²) in [6.45, 7) is 0. The van der Waals surface area contributed by atoms with Crippen LogP contribution in [0.5, 0.6) is 0 Å². The summed E-state index contributed by atoms with van der Waals surface area (Å²) in [7, 11) is 1.58. The fourth-order valence-electron chi connectivity index (χ4n) is 3.11. The maximum absolute atomic E-state index is 12.0. The highest BCUT2D eigenvalue weighted by Crippen LogP contribution is 2.37. The smallest absolute Gasteiger partial charge is 0.246 e. The number of carbonyl (C=O) groups is 2. The fourth-order valence-corrected chi connectivity index (χ4v) is 3.11. The van der Waals surface area contributed by atoms with Crippen LogP contribution in [0.1, 0.15) is 37.2 Å². The lowest BCUT2D eigenvalue weighted by atomic mass is 9.75. The zero-order chi connectivity index (χ0) is 14.1. The fraction of sp³-hybridized carbons (Fsp3) is 0.500. The molecule has 1 aliphatic carbocycles. The normalized spacial score (nSPS) is 30.2. The summed E-state index contributed by atoms with van der Waals surface area (Å²) in [6.07, 6.45) is 3.25. The molecule has 4 nitrogen and oxygen atoms in total. The van der Waals surface area contributed by atoms with Crippen molar-refractivity contribution in [3.05, 3.63) is 35.9 Å². The predicted molar refractivity (Wildman–Crippen MR) is 76.1 cm³/mol. The van der Waals surface area contributed by atoms with Crippen LogP contribution in [0.15, 0.2) is 30.3 Å². The molecule has 0 spiro atoms. The van der Waals surface area contributed by atoms with Crippen LogP contribution in [-0.2, 0) is 9.59 Å². The van der Waals surface area contributed by atoms with Crippen LogP contribution in [0.4, 0.5) is 0 Å². The number of rotatable bonds is 3. The first-order valence-electron chi connectivity index (χ1n) is 7.26. The largest absolute Gasteiger partial charge is 0.303 e. The Morgan fingerprint density at radius 2 is 1.85 bits per heavy atom. The predicted octanol–water partition coefficient (Wildman–Crippen LogP) is 1.67. The molecule has 1 N–H and O–H groups in total. The van der Waals surface area contributed by atoms with E-state index in [2.05, 4.69) is 29.6 Å². The number of hydrogen-bond acceptors (Lipinski definition) is 3. The molecule has 2 fully saturated rings. The van der Waals surface area contributed by atoms with E-state index in [-0.39, 0.29) is 17.9 Å². The summed E-state index contributed by atoms with van der Waals surface area (Å²) >= 11 is 0. The molecule has 4 heteroatoms. The first-order chi connectivity index (χ1) is 9.65. The molecule has 0 aromatic heterocycles. The zero-order valence-electron chi connectivity index (χ0n) is 11.7. The molecule has 1 unspecified atom stereocenters. The van der Waals surface area contributed by atoms with Gasteiger partial charge >= 0.3 is 0 Å². The van der Waals surface area contributed by atoms with Gasteiger partial charge < -0.3 is 5.32 Å². The number of nitrogens with zero attached hydrogens (tertiary/aromatic N) is 1. The van der Waals surface area contributed by atoms with E-state index < -0.39 is 0 Å². The van der Waals surface area contributed by atoms with E-state index in [9.17, 15) is 9.59 Å². The second-order valence-electron chi connectivity index (χ2n) is 5.82. The van der Waals surface area contributed by atoms with Gasteiger partial charge in [0.15, 0.2) is 0 Å². The molecule has 1 aromatic rings. The van der Waals surface area contributed by atoms with E-state index >= 15 is 0 Å².